The molecule has 6 heteroatoms. The third kappa shape index (κ3) is 3.09. The summed E-state index contributed by atoms with van der Waals surface area (Å²) in [5.74, 6) is 0.122. The number of thiazole rings is 1. The van der Waals surface area contributed by atoms with Crippen LogP contribution in [-0.4, -0.2) is 32.8 Å². The Balaban J connectivity index is 1.47. The second-order valence-electron chi connectivity index (χ2n) is 6.01. The van der Waals surface area contributed by atoms with Gasteiger partial charge in [-0.15, -0.1) is 0 Å². The Hall–Kier alpha value is -1.41. The van der Waals surface area contributed by atoms with Crippen molar-refractivity contribution in [3.8, 4) is 0 Å². The van der Waals surface area contributed by atoms with Crippen LogP contribution in [0.4, 0.5) is 5.13 Å². The predicted molar refractivity (Wildman–Crippen MR) is 108 cm³/mol. The van der Waals surface area contributed by atoms with Crippen molar-refractivity contribution >= 4 is 55.2 Å². The molecule has 1 aromatic carbocycles. The molecule has 1 aliphatic carbocycles. The second-order valence-corrected chi connectivity index (χ2v) is 8.54. The number of hydrogen-bond donors (Lipinski definition) is 1. The Morgan fingerprint density at radius 2 is 2.29 bits per heavy atom. The van der Waals surface area contributed by atoms with Gasteiger partial charge in [-0.2, -0.15) is 0 Å². The van der Waals surface area contributed by atoms with Crippen LogP contribution >= 0.6 is 33.9 Å². The number of aromatic nitrogens is 1. The van der Waals surface area contributed by atoms with Gasteiger partial charge in [-0.1, -0.05) is 52.1 Å². The fraction of sp³-hybridized carbons (Fsp3) is 0.333. The fourth-order valence-electron chi connectivity index (χ4n) is 3.26. The zero-order valence-corrected chi connectivity index (χ0v) is 16.1. The highest BCUT2D eigenvalue weighted by atomic mass is 127. The Bertz CT molecular complexity index is 809. The SMILES string of the molecule is O=C(CNc1nc2ccccc2s1)N1CCCC2=C1C=CCC2I. The van der Waals surface area contributed by atoms with Gasteiger partial charge in [-0.25, -0.2) is 4.98 Å². The summed E-state index contributed by atoms with van der Waals surface area (Å²) in [7, 11) is 0. The maximum absolute atomic E-state index is 12.7. The number of amides is 1. The maximum atomic E-state index is 12.7. The van der Waals surface area contributed by atoms with Crippen LogP contribution in [0.5, 0.6) is 0 Å². The summed E-state index contributed by atoms with van der Waals surface area (Å²) >= 11 is 4.08. The van der Waals surface area contributed by atoms with Crippen LogP contribution in [0.3, 0.4) is 0 Å². The van der Waals surface area contributed by atoms with Crippen LogP contribution in [0, 0.1) is 0 Å². The maximum Gasteiger partial charge on any atom is 0.246 e. The molecule has 1 aromatic heterocycles. The summed E-state index contributed by atoms with van der Waals surface area (Å²) < 4.78 is 1.66. The third-order valence-corrected chi connectivity index (χ3v) is 6.68. The first-order chi connectivity index (χ1) is 11.7. The van der Waals surface area contributed by atoms with E-state index in [-0.39, 0.29) is 12.5 Å². The van der Waals surface area contributed by atoms with Crippen molar-refractivity contribution in [2.24, 2.45) is 0 Å². The van der Waals surface area contributed by atoms with E-state index in [9.17, 15) is 4.79 Å². The molecule has 0 radical (unpaired) electrons. The molecule has 0 saturated heterocycles. The van der Waals surface area contributed by atoms with Crippen molar-refractivity contribution < 1.29 is 4.79 Å². The summed E-state index contributed by atoms with van der Waals surface area (Å²) in [6, 6.07) is 8.03. The molecule has 0 bridgehead atoms. The first-order valence-corrected chi connectivity index (χ1v) is 10.2. The molecule has 4 rings (SSSR count). The Morgan fingerprint density at radius 3 is 3.17 bits per heavy atom. The molecule has 0 fully saturated rings. The Kier molecular flexibility index (Phi) is 4.58. The fourth-order valence-corrected chi connectivity index (χ4v) is 5.04. The van der Waals surface area contributed by atoms with E-state index in [4.69, 9.17) is 0 Å². The molecule has 1 atom stereocenters. The van der Waals surface area contributed by atoms with Gasteiger partial charge in [-0.3, -0.25) is 4.79 Å². The number of rotatable bonds is 3. The molecule has 4 nitrogen and oxygen atoms in total. The van der Waals surface area contributed by atoms with Gasteiger partial charge in [0.05, 0.1) is 16.8 Å². The van der Waals surface area contributed by atoms with Gasteiger partial charge in [0.1, 0.15) is 0 Å². The van der Waals surface area contributed by atoms with E-state index >= 15 is 0 Å². The van der Waals surface area contributed by atoms with Gasteiger partial charge in [0.25, 0.3) is 0 Å². The van der Waals surface area contributed by atoms with E-state index in [1.807, 2.05) is 23.1 Å². The smallest absolute Gasteiger partial charge is 0.246 e. The lowest BCUT2D eigenvalue weighted by Gasteiger charge is -2.34. The molecule has 2 aliphatic rings. The number of para-hydroxylation sites is 1. The molecule has 1 amide bonds. The minimum absolute atomic E-state index is 0.122. The van der Waals surface area contributed by atoms with E-state index in [0.717, 1.165) is 46.9 Å². The summed E-state index contributed by atoms with van der Waals surface area (Å²) in [5, 5.41) is 4.01. The number of hydrogen-bond acceptors (Lipinski definition) is 4. The number of carbonyl (C=O) groups excluding carboxylic acids is 1. The summed E-state index contributed by atoms with van der Waals surface area (Å²) in [6.07, 6.45) is 7.55. The van der Waals surface area contributed by atoms with Gasteiger partial charge in [0.15, 0.2) is 5.13 Å². The lowest BCUT2D eigenvalue weighted by atomic mass is 9.93. The number of allylic oxidation sites excluding steroid dienone is 3. The van der Waals surface area contributed by atoms with Crippen LogP contribution in [0.1, 0.15) is 19.3 Å². The number of carbonyl (C=O) groups is 1. The third-order valence-electron chi connectivity index (χ3n) is 4.43. The predicted octanol–water partition coefficient (Wildman–Crippen LogP) is 4.35. The van der Waals surface area contributed by atoms with Gasteiger partial charge in [0, 0.05) is 16.2 Å². The molecule has 1 aliphatic heterocycles. The van der Waals surface area contributed by atoms with Crippen LogP contribution in [0.2, 0.25) is 0 Å². The number of nitrogens with one attached hydrogen (secondary N) is 1. The zero-order chi connectivity index (χ0) is 16.5. The minimum Gasteiger partial charge on any atom is -0.352 e. The molecule has 1 N–H and O–H groups in total. The molecule has 1 unspecified atom stereocenters. The normalized spacial score (nSPS) is 20.4. The number of nitrogens with zero attached hydrogens (tertiary/aromatic N) is 2. The van der Waals surface area contributed by atoms with Crippen molar-refractivity contribution in [1.82, 2.24) is 9.88 Å². The molecular formula is C18H18IN3OS. The first-order valence-electron chi connectivity index (χ1n) is 8.16. The molecule has 0 saturated carbocycles. The molecule has 2 aromatic rings. The topological polar surface area (TPSA) is 45.2 Å². The standard InChI is InChI=1S/C18H18IN3OS/c19-13-6-3-8-15-12(13)5-4-10-22(15)17(23)11-20-18-21-14-7-1-2-9-16(14)24-18/h1-3,7-9,13H,4-6,10-11H2,(H,20,21). The first kappa shape index (κ1) is 16.1. The van der Waals surface area contributed by atoms with Crippen molar-refractivity contribution in [2.75, 3.05) is 18.4 Å². The largest absolute Gasteiger partial charge is 0.352 e. The highest BCUT2D eigenvalue weighted by Gasteiger charge is 2.28. The van der Waals surface area contributed by atoms with Crippen LogP contribution < -0.4 is 5.32 Å². The number of benzene rings is 1. The Labute approximate surface area is 158 Å². The van der Waals surface area contributed by atoms with Gasteiger partial charge in [-0.05, 0) is 43.0 Å². The van der Waals surface area contributed by atoms with Gasteiger partial charge >= 0.3 is 0 Å². The van der Waals surface area contributed by atoms with Crippen molar-refractivity contribution in [2.45, 2.75) is 23.2 Å². The molecule has 2 heterocycles. The molecule has 24 heavy (non-hydrogen) atoms. The zero-order valence-electron chi connectivity index (χ0n) is 13.2. The number of fused-ring (bicyclic) bond motifs is 1. The van der Waals surface area contributed by atoms with Crippen LogP contribution in [-0.2, 0) is 4.79 Å². The quantitative estimate of drug-likeness (QED) is 0.558. The van der Waals surface area contributed by atoms with Crippen molar-refractivity contribution in [1.29, 1.82) is 0 Å². The average Bonchev–Trinajstić information content (AvgIpc) is 3.02. The summed E-state index contributed by atoms with van der Waals surface area (Å²) in [5.41, 5.74) is 3.53. The molecule has 0 spiro atoms. The highest BCUT2D eigenvalue weighted by molar-refractivity contribution is 14.1. The van der Waals surface area contributed by atoms with Crippen LogP contribution in [0.15, 0.2) is 47.7 Å². The highest BCUT2D eigenvalue weighted by Crippen LogP contribution is 2.34. The lowest BCUT2D eigenvalue weighted by Crippen LogP contribution is -2.39. The summed E-state index contributed by atoms with van der Waals surface area (Å²) in [4.78, 5) is 19.2. The number of anilines is 1. The second kappa shape index (κ2) is 6.84. The van der Waals surface area contributed by atoms with Crippen molar-refractivity contribution in [3.05, 3.63) is 47.7 Å². The Morgan fingerprint density at radius 1 is 1.42 bits per heavy atom. The number of halogens is 1. The lowest BCUT2D eigenvalue weighted by molar-refractivity contribution is -0.127. The van der Waals surface area contributed by atoms with Crippen LogP contribution in [0.25, 0.3) is 10.2 Å². The van der Waals surface area contributed by atoms with Gasteiger partial charge < -0.3 is 10.2 Å². The van der Waals surface area contributed by atoms with Gasteiger partial charge in [0.2, 0.25) is 5.91 Å². The monoisotopic (exact) mass is 451 g/mol. The summed E-state index contributed by atoms with van der Waals surface area (Å²) in [6.45, 7) is 1.10. The molecular weight excluding hydrogens is 433 g/mol. The van der Waals surface area contributed by atoms with E-state index < -0.39 is 0 Å². The van der Waals surface area contributed by atoms with Crippen molar-refractivity contribution in [3.63, 3.8) is 0 Å². The van der Waals surface area contributed by atoms with E-state index in [2.05, 4.69) is 51.1 Å². The van der Waals surface area contributed by atoms with E-state index in [0.29, 0.717) is 3.92 Å². The average molecular weight is 451 g/mol. The minimum atomic E-state index is 0.122. The van der Waals surface area contributed by atoms with E-state index in [1.165, 1.54) is 5.57 Å². The van der Waals surface area contributed by atoms with E-state index in [1.54, 1.807) is 11.3 Å². The number of alkyl halides is 1. The molecule has 124 valence electrons.